The molecule has 214 valence electrons. The van der Waals surface area contributed by atoms with Gasteiger partial charge < -0.3 is 34.9 Å². The summed E-state index contributed by atoms with van der Waals surface area (Å²) < 4.78 is 11.5. The van der Waals surface area contributed by atoms with Crippen LogP contribution in [0.2, 0.25) is 0 Å². The Morgan fingerprint density at radius 1 is 1.02 bits per heavy atom. The van der Waals surface area contributed by atoms with Crippen molar-refractivity contribution in [1.82, 2.24) is 15.2 Å². The van der Waals surface area contributed by atoms with E-state index in [4.69, 9.17) is 21.4 Å². The fourth-order valence-corrected chi connectivity index (χ4v) is 5.15. The van der Waals surface area contributed by atoms with E-state index in [-0.39, 0.29) is 35.8 Å². The molecule has 0 aliphatic carbocycles. The molecule has 5 rings (SSSR count). The third-order valence-electron chi connectivity index (χ3n) is 6.79. The Hall–Kier alpha value is -5.23. The van der Waals surface area contributed by atoms with Gasteiger partial charge >= 0.3 is 11.9 Å². The second-order valence-electron chi connectivity index (χ2n) is 9.43. The number of ether oxygens (including phenoxy) is 1. The fourth-order valence-electron chi connectivity index (χ4n) is 4.82. The Balaban J connectivity index is 1.44. The molecule has 0 bridgehead atoms. The lowest BCUT2D eigenvalue weighted by Crippen LogP contribution is -2.32. The second kappa shape index (κ2) is 12.1. The number of aromatic carboxylic acids is 2. The molecule has 2 aromatic heterocycles. The summed E-state index contributed by atoms with van der Waals surface area (Å²) in [4.78, 5) is 42.5. The molecule has 0 spiro atoms. The van der Waals surface area contributed by atoms with Gasteiger partial charge in [0.05, 0.1) is 35.7 Å². The molecule has 1 amide bonds. The molecule has 11 nitrogen and oxygen atoms in total. The van der Waals surface area contributed by atoms with Gasteiger partial charge in [0.15, 0.2) is 5.11 Å². The summed E-state index contributed by atoms with van der Waals surface area (Å²) in [5.74, 6) is -1.47. The normalized spacial score (nSPS) is 16.1. The van der Waals surface area contributed by atoms with Gasteiger partial charge in [0.25, 0.3) is 0 Å². The monoisotopic (exact) mass is 586 g/mol. The second-order valence-corrected chi connectivity index (χ2v) is 9.82. The summed E-state index contributed by atoms with van der Waals surface area (Å²) in [6, 6.07) is 18.8. The summed E-state index contributed by atoms with van der Waals surface area (Å²) in [5.41, 5.74) is 1.19. The number of nitrogens with one attached hydrogen (secondary N) is 2. The number of carboxylic acids is 2. The number of carbonyl (C=O) groups excluding carboxylic acids is 1. The summed E-state index contributed by atoms with van der Waals surface area (Å²) in [6.45, 7) is 0.245. The number of hydrogen-bond donors (Lipinski definition) is 4. The number of methoxy groups -OCH3 is 1. The van der Waals surface area contributed by atoms with Crippen molar-refractivity contribution in [2.45, 2.75) is 18.5 Å². The number of furan rings is 1. The molecular formula is C30H26N4O7S. The van der Waals surface area contributed by atoms with E-state index in [1.165, 1.54) is 19.2 Å². The molecule has 0 saturated carbocycles. The molecule has 2 aromatic carbocycles. The number of carboxylic acid groups (broad SMARTS) is 2. The van der Waals surface area contributed by atoms with Gasteiger partial charge in [-0.3, -0.25) is 9.78 Å². The molecule has 1 fully saturated rings. The van der Waals surface area contributed by atoms with Crippen LogP contribution in [0.3, 0.4) is 0 Å². The van der Waals surface area contributed by atoms with Crippen LogP contribution in [0.1, 0.15) is 50.7 Å². The highest BCUT2D eigenvalue weighted by molar-refractivity contribution is 7.80. The smallest absolute Gasteiger partial charge is 0.335 e. The minimum Gasteiger partial charge on any atom is -0.495 e. The van der Waals surface area contributed by atoms with Gasteiger partial charge in [0, 0.05) is 24.7 Å². The molecule has 0 radical (unpaired) electrons. The van der Waals surface area contributed by atoms with Crippen molar-refractivity contribution < 1.29 is 33.8 Å². The van der Waals surface area contributed by atoms with Gasteiger partial charge in [0.1, 0.15) is 23.3 Å². The van der Waals surface area contributed by atoms with Crippen molar-refractivity contribution >= 4 is 40.9 Å². The average Bonchev–Trinajstić information content (AvgIpc) is 3.61. The van der Waals surface area contributed by atoms with Crippen LogP contribution in [-0.2, 0) is 4.79 Å². The maximum Gasteiger partial charge on any atom is 0.335 e. The zero-order valence-corrected chi connectivity index (χ0v) is 23.1. The minimum atomic E-state index is -1.26. The SMILES string of the molecule is COc1ccccc1NC(=O)CCN1C(=S)N[C@@H](c2ccccn2)[C@H]1c1ccc(-c2cc(C(=O)O)cc(C(=O)O)c2)o1. The number of pyridine rings is 1. The number of hydrogen-bond acceptors (Lipinski definition) is 7. The molecule has 12 heteroatoms. The molecule has 0 unspecified atom stereocenters. The van der Waals surface area contributed by atoms with Gasteiger partial charge in [-0.2, -0.15) is 0 Å². The van der Waals surface area contributed by atoms with Crippen molar-refractivity contribution in [1.29, 1.82) is 0 Å². The number of nitrogens with zero attached hydrogens (tertiary/aromatic N) is 2. The zero-order chi connectivity index (χ0) is 29.8. The molecule has 2 atom stereocenters. The number of thiocarbonyl (C=S) groups is 1. The van der Waals surface area contributed by atoms with E-state index in [1.54, 1.807) is 42.6 Å². The molecule has 1 aliphatic heterocycles. The maximum atomic E-state index is 12.9. The molecule has 4 N–H and O–H groups in total. The lowest BCUT2D eigenvalue weighted by Gasteiger charge is -2.26. The van der Waals surface area contributed by atoms with Crippen LogP contribution in [-0.4, -0.2) is 56.7 Å². The lowest BCUT2D eigenvalue weighted by atomic mass is 10.0. The Morgan fingerprint density at radius 3 is 2.40 bits per heavy atom. The van der Waals surface area contributed by atoms with Crippen molar-refractivity contribution in [3.8, 4) is 17.1 Å². The Morgan fingerprint density at radius 2 is 1.74 bits per heavy atom. The molecule has 1 saturated heterocycles. The predicted molar refractivity (Wildman–Crippen MR) is 156 cm³/mol. The van der Waals surface area contributed by atoms with Crippen LogP contribution in [0.25, 0.3) is 11.3 Å². The summed E-state index contributed by atoms with van der Waals surface area (Å²) >= 11 is 5.67. The highest BCUT2D eigenvalue weighted by atomic mass is 32.1. The number of aromatic nitrogens is 1. The van der Waals surface area contributed by atoms with Crippen molar-refractivity contribution in [3.05, 3.63) is 102 Å². The van der Waals surface area contributed by atoms with Crippen LogP contribution in [0, 0.1) is 0 Å². The predicted octanol–water partition coefficient (Wildman–Crippen LogP) is 4.75. The van der Waals surface area contributed by atoms with Gasteiger partial charge in [0.2, 0.25) is 5.91 Å². The van der Waals surface area contributed by atoms with Gasteiger partial charge in [-0.15, -0.1) is 0 Å². The molecule has 42 heavy (non-hydrogen) atoms. The highest BCUT2D eigenvalue weighted by Gasteiger charge is 2.41. The number of carbonyl (C=O) groups is 3. The van der Waals surface area contributed by atoms with Crippen LogP contribution in [0.5, 0.6) is 5.75 Å². The highest BCUT2D eigenvalue weighted by Crippen LogP contribution is 2.40. The van der Waals surface area contributed by atoms with Crippen molar-refractivity contribution in [3.63, 3.8) is 0 Å². The number of anilines is 1. The first-order valence-electron chi connectivity index (χ1n) is 12.9. The van der Waals surface area contributed by atoms with Crippen molar-refractivity contribution in [2.24, 2.45) is 0 Å². The van der Waals surface area contributed by atoms with Gasteiger partial charge in [-0.1, -0.05) is 18.2 Å². The zero-order valence-electron chi connectivity index (χ0n) is 22.3. The topological polar surface area (TPSA) is 154 Å². The summed E-state index contributed by atoms with van der Waals surface area (Å²) in [7, 11) is 1.53. The average molecular weight is 587 g/mol. The third-order valence-corrected chi connectivity index (χ3v) is 7.14. The first-order valence-corrected chi connectivity index (χ1v) is 13.3. The van der Waals surface area contributed by atoms with E-state index in [0.717, 1.165) is 6.07 Å². The largest absolute Gasteiger partial charge is 0.495 e. The molecule has 4 aromatic rings. The number of amides is 1. The molecular weight excluding hydrogens is 560 g/mol. The number of para-hydroxylation sites is 2. The van der Waals surface area contributed by atoms with Gasteiger partial charge in [-0.05, 0) is 66.8 Å². The van der Waals surface area contributed by atoms with E-state index in [9.17, 15) is 24.6 Å². The number of rotatable bonds is 10. The minimum absolute atomic E-state index is 0.0987. The molecule has 3 heterocycles. The fraction of sp³-hybridized carbons (Fsp3) is 0.167. The first kappa shape index (κ1) is 28.3. The maximum absolute atomic E-state index is 12.9. The Labute approximate surface area is 245 Å². The lowest BCUT2D eigenvalue weighted by molar-refractivity contribution is -0.116. The molecule has 1 aliphatic rings. The van der Waals surface area contributed by atoms with Crippen LogP contribution < -0.4 is 15.4 Å². The van der Waals surface area contributed by atoms with E-state index >= 15 is 0 Å². The standard InChI is InChI=1S/C30H26N4O7S/c1-40-23-8-3-2-6-20(23)32-25(35)11-13-34-27(26(33-30(34)42)21-7-4-5-12-31-21)24-10-9-22(41-24)17-14-18(28(36)37)16-19(15-17)29(38)39/h2-10,12,14-16,26-27H,11,13H2,1H3,(H,32,35)(H,33,42)(H,36,37)(H,38,39)/t26-,27+/m0/s1. The summed E-state index contributed by atoms with van der Waals surface area (Å²) in [6.07, 6.45) is 1.76. The van der Waals surface area contributed by atoms with E-state index < -0.39 is 24.0 Å². The van der Waals surface area contributed by atoms with E-state index in [0.29, 0.717) is 33.6 Å². The quantitative estimate of drug-likeness (QED) is 0.190. The van der Waals surface area contributed by atoms with Crippen molar-refractivity contribution in [2.75, 3.05) is 19.0 Å². The van der Waals surface area contributed by atoms with Gasteiger partial charge in [-0.25, -0.2) is 9.59 Å². The summed E-state index contributed by atoms with van der Waals surface area (Å²) in [5, 5.41) is 25.5. The number of benzene rings is 2. The van der Waals surface area contributed by atoms with Crippen LogP contribution in [0.15, 0.2) is 83.4 Å². The first-order chi connectivity index (χ1) is 20.2. The van der Waals surface area contributed by atoms with E-state index in [1.807, 2.05) is 23.1 Å². The van der Waals surface area contributed by atoms with Crippen LogP contribution in [0.4, 0.5) is 5.69 Å². The Kier molecular flexibility index (Phi) is 8.16. The third kappa shape index (κ3) is 5.93. The van der Waals surface area contributed by atoms with E-state index in [2.05, 4.69) is 15.6 Å². The van der Waals surface area contributed by atoms with Crippen LogP contribution >= 0.6 is 12.2 Å². The Bertz CT molecular complexity index is 1620.